The number of rotatable bonds is 5. The molecule has 3 N–H and O–H groups in total. The quantitative estimate of drug-likeness (QED) is 0.871. The second-order valence-electron chi connectivity index (χ2n) is 4.69. The first-order valence-corrected chi connectivity index (χ1v) is 6.59. The van der Waals surface area contributed by atoms with Crippen molar-refractivity contribution in [3.05, 3.63) is 16.9 Å². The largest absolute Gasteiger partial charge is 0.396 e. The van der Waals surface area contributed by atoms with Crippen molar-refractivity contribution in [1.82, 2.24) is 4.98 Å². The molecule has 0 aromatic carbocycles. The summed E-state index contributed by atoms with van der Waals surface area (Å²) >= 11 is 3.47. The van der Waals surface area contributed by atoms with Gasteiger partial charge in [-0.15, -0.1) is 0 Å². The molecular formula is C12H18BrN3. The number of anilines is 2. The van der Waals surface area contributed by atoms with Crippen LogP contribution in [0.25, 0.3) is 0 Å². The first kappa shape index (κ1) is 11.7. The molecule has 0 bridgehead atoms. The van der Waals surface area contributed by atoms with Gasteiger partial charge in [-0.25, -0.2) is 0 Å². The minimum absolute atomic E-state index is 0.532. The van der Waals surface area contributed by atoms with Crippen LogP contribution in [-0.4, -0.2) is 11.5 Å². The van der Waals surface area contributed by atoms with Crippen molar-refractivity contribution in [3.8, 4) is 0 Å². The Hall–Kier alpha value is -0.770. The summed E-state index contributed by atoms with van der Waals surface area (Å²) in [6.07, 6.45) is 8.72. The zero-order valence-electron chi connectivity index (χ0n) is 9.59. The Labute approximate surface area is 105 Å². The van der Waals surface area contributed by atoms with Crippen LogP contribution in [0.4, 0.5) is 11.4 Å². The fourth-order valence-electron chi connectivity index (χ4n) is 2.13. The van der Waals surface area contributed by atoms with E-state index in [2.05, 4.69) is 33.2 Å². The maximum absolute atomic E-state index is 5.89. The standard InChI is InChI=1S/C12H18BrN3/c1-2-3-12(4-5-12)8-16-11-9(13)6-15-7-10(11)14/h6-7H,2-5,8,14H2,1H3,(H,15,16). The lowest BCUT2D eigenvalue weighted by Crippen LogP contribution is -2.16. The molecule has 3 nitrogen and oxygen atoms in total. The first-order chi connectivity index (χ1) is 7.67. The number of pyridine rings is 1. The molecule has 4 heteroatoms. The van der Waals surface area contributed by atoms with E-state index >= 15 is 0 Å². The van der Waals surface area contributed by atoms with Gasteiger partial charge in [0.15, 0.2) is 0 Å². The van der Waals surface area contributed by atoms with Crippen LogP contribution < -0.4 is 11.1 Å². The van der Waals surface area contributed by atoms with Crippen molar-refractivity contribution in [3.63, 3.8) is 0 Å². The molecule has 0 saturated heterocycles. The molecule has 88 valence electrons. The van der Waals surface area contributed by atoms with E-state index in [1.807, 2.05) is 0 Å². The summed E-state index contributed by atoms with van der Waals surface area (Å²) in [6.45, 7) is 3.27. The number of nitrogens with two attached hydrogens (primary N) is 1. The average molecular weight is 284 g/mol. The third-order valence-electron chi connectivity index (χ3n) is 3.31. The molecule has 2 rings (SSSR count). The molecule has 0 radical (unpaired) electrons. The number of hydrogen-bond donors (Lipinski definition) is 2. The Morgan fingerprint density at radius 3 is 2.81 bits per heavy atom. The van der Waals surface area contributed by atoms with Crippen LogP contribution in [0.2, 0.25) is 0 Å². The Kier molecular flexibility index (Phi) is 3.38. The van der Waals surface area contributed by atoms with Crippen LogP contribution in [0.15, 0.2) is 16.9 Å². The third-order valence-corrected chi connectivity index (χ3v) is 3.91. The molecule has 0 spiro atoms. The van der Waals surface area contributed by atoms with Gasteiger partial charge in [0.1, 0.15) is 0 Å². The molecule has 0 amide bonds. The summed E-state index contributed by atoms with van der Waals surface area (Å²) in [7, 11) is 0. The van der Waals surface area contributed by atoms with Crippen LogP contribution in [0.3, 0.4) is 0 Å². The van der Waals surface area contributed by atoms with Gasteiger partial charge in [0, 0.05) is 12.7 Å². The van der Waals surface area contributed by atoms with Gasteiger partial charge >= 0.3 is 0 Å². The predicted octanol–water partition coefficient (Wildman–Crippen LogP) is 3.42. The van der Waals surface area contributed by atoms with Gasteiger partial charge in [-0.1, -0.05) is 13.3 Å². The lowest BCUT2D eigenvalue weighted by molar-refractivity contribution is 0.485. The monoisotopic (exact) mass is 283 g/mol. The van der Waals surface area contributed by atoms with Gasteiger partial charge in [0.05, 0.1) is 22.0 Å². The lowest BCUT2D eigenvalue weighted by Gasteiger charge is -2.17. The second kappa shape index (κ2) is 4.62. The molecular weight excluding hydrogens is 266 g/mol. The molecule has 1 heterocycles. The highest BCUT2D eigenvalue weighted by Crippen LogP contribution is 2.49. The van der Waals surface area contributed by atoms with Gasteiger partial charge in [-0.2, -0.15) is 0 Å². The zero-order valence-corrected chi connectivity index (χ0v) is 11.2. The smallest absolute Gasteiger partial charge is 0.0750 e. The predicted molar refractivity (Wildman–Crippen MR) is 71.4 cm³/mol. The molecule has 1 aliphatic rings. The third kappa shape index (κ3) is 2.48. The lowest BCUT2D eigenvalue weighted by atomic mass is 10.0. The van der Waals surface area contributed by atoms with Gasteiger partial charge in [-0.3, -0.25) is 4.98 Å². The summed E-state index contributed by atoms with van der Waals surface area (Å²) in [5.74, 6) is 0. The highest BCUT2D eigenvalue weighted by atomic mass is 79.9. The normalized spacial score (nSPS) is 17.1. The Balaban J connectivity index is 2.00. The molecule has 1 aromatic heterocycles. The van der Waals surface area contributed by atoms with Gasteiger partial charge < -0.3 is 11.1 Å². The minimum Gasteiger partial charge on any atom is -0.396 e. The summed E-state index contributed by atoms with van der Waals surface area (Å²) in [6, 6.07) is 0. The number of aromatic nitrogens is 1. The van der Waals surface area contributed by atoms with E-state index in [-0.39, 0.29) is 0 Å². The number of hydrogen-bond acceptors (Lipinski definition) is 3. The maximum Gasteiger partial charge on any atom is 0.0750 e. The Morgan fingerprint density at radius 1 is 1.50 bits per heavy atom. The highest BCUT2D eigenvalue weighted by molar-refractivity contribution is 9.10. The van der Waals surface area contributed by atoms with Crippen LogP contribution in [-0.2, 0) is 0 Å². The molecule has 0 atom stereocenters. The second-order valence-corrected chi connectivity index (χ2v) is 5.54. The first-order valence-electron chi connectivity index (χ1n) is 5.80. The van der Waals surface area contributed by atoms with E-state index in [0.29, 0.717) is 11.1 Å². The van der Waals surface area contributed by atoms with Crippen molar-refractivity contribution in [2.24, 2.45) is 5.41 Å². The average Bonchev–Trinajstić information content (AvgIpc) is 2.98. The molecule has 0 aliphatic heterocycles. The molecule has 0 unspecified atom stereocenters. The van der Waals surface area contributed by atoms with Gasteiger partial charge in [0.2, 0.25) is 0 Å². The van der Waals surface area contributed by atoms with Crippen molar-refractivity contribution >= 4 is 27.3 Å². The van der Waals surface area contributed by atoms with Crippen LogP contribution in [0, 0.1) is 5.41 Å². The number of nitrogens with one attached hydrogen (secondary N) is 1. The maximum atomic E-state index is 5.89. The van der Waals surface area contributed by atoms with Crippen molar-refractivity contribution in [2.45, 2.75) is 32.6 Å². The topological polar surface area (TPSA) is 50.9 Å². The summed E-state index contributed by atoms with van der Waals surface area (Å²) in [4.78, 5) is 4.03. The molecule has 1 fully saturated rings. The Bertz CT molecular complexity index is 354. The zero-order chi connectivity index (χ0) is 11.6. The van der Waals surface area contributed by atoms with Crippen molar-refractivity contribution < 1.29 is 0 Å². The SMILES string of the molecule is CCCC1(CNc2c(N)cncc2Br)CC1. The summed E-state index contributed by atoms with van der Waals surface area (Å²) in [5.41, 5.74) is 8.12. The van der Waals surface area contributed by atoms with E-state index in [1.165, 1.54) is 25.7 Å². The summed E-state index contributed by atoms with van der Waals surface area (Å²) in [5, 5.41) is 3.46. The van der Waals surface area contributed by atoms with Crippen LogP contribution in [0.5, 0.6) is 0 Å². The molecule has 16 heavy (non-hydrogen) atoms. The van der Waals surface area contributed by atoms with Gasteiger partial charge in [-0.05, 0) is 40.6 Å². The van der Waals surface area contributed by atoms with E-state index in [0.717, 1.165) is 16.7 Å². The molecule has 1 aliphatic carbocycles. The van der Waals surface area contributed by atoms with E-state index in [1.54, 1.807) is 12.4 Å². The van der Waals surface area contributed by atoms with Crippen molar-refractivity contribution in [1.29, 1.82) is 0 Å². The Morgan fingerprint density at radius 2 is 2.25 bits per heavy atom. The van der Waals surface area contributed by atoms with Crippen LogP contribution >= 0.6 is 15.9 Å². The van der Waals surface area contributed by atoms with Crippen LogP contribution in [0.1, 0.15) is 32.6 Å². The summed E-state index contributed by atoms with van der Waals surface area (Å²) < 4.78 is 0.944. The van der Waals surface area contributed by atoms with E-state index in [4.69, 9.17) is 5.73 Å². The molecule has 1 aromatic rings. The molecule has 1 saturated carbocycles. The number of halogens is 1. The minimum atomic E-state index is 0.532. The van der Waals surface area contributed by atoms with E-state index in [9.17, 15) is 0 Å². The number of nitrogen functional groups attached to an aromatic ring is 1. The van der Waals surface area contributed by atoms with Gasteiger partial charge in [0.25, 0.3) is 0 Å². The highest BCUT2D eigenvalue weighted by Gasteiger charge is 2.41. The number of nitrogens with zero attached hydrogens (tertiary/aromatic N) is 1. The fraction of sp³-hybridized carbons (Fsp3) is 0.583. The van der Waals surface area contributed by atoms with Crippen molar-refractivity contribution in [2.75, 3.05) is 17.6 Å². The van der Waals surface area contributed by atoms with E-state index < -0.39 is 0 Å². The fourth-order valence-corrected chi connectivity index (χ4v) is 2.62.